The Bertz CT molecular complexity index is 121. The van der Waals surface area contributed by atoms with Gasteiger partial charge >= 0.3 is 0 Å². The van der Waals surface area contributed by atoms with Crippen LogP contribution in [0.1, 0.15) is 27.2 Å². The second-order valence-corrected chi connectivity index (χ2v) is 4.05. The lowest BCUT2D eigenvalue weighted by atomic mass is 10.2. The predicted molar refractivity (Wildman–Crippen MR) is 48.7 cm³/mol. The maximum absolute atomic E-state index is 3.52. The maximum atomic E-state index is 3.52. The summed E-state index contributed by atoms with van der Waals surface area (Å²) < 4.78 is 0. The van der Waals surface area contributed by atoms with Crippen LogP contribution in [0, 0.1) is 5.41 Å². The summed E-state index contributed by atoms with van der Waals surface area (Å²) in [7, 11) is 0. The first-order valence-electron chi connectivity index (χ1n) is 4.61. The molecule has 0 aliphatic heterocycles. The summed E-state index contributed by atoms with van der Waals surface area (Å²) in [6, 6.07) is 0.779. The van der Waals surface area contributed by atoms with Gasteiger partial charge in [0, 0.05) is 19.1 Å². The molecule has 0 aromatic rings. The molecule has 2 N–H and O–H groups in total. The summed E-state index contributed by atoms with van der Waals surface area (Å²) in [5.74, 6) is 0. The van der Waals surface area contributed by atoms with Crippen molar-refractivity contribution in [3.8, 4) is 0 Å². The van der Waals surface area contributed by atoms with Gasteiger partial charge in [0.05, 0.1) is 0 Å². The van der Waals surface area contributed by atoms with E-state index in [2.05, 4.69) is 31.4 Å². The molecule has 11 heavy (non-hydrogen) atoms. The van der Waals surface area contributed by atoms with E-state index in [1.165, 1.54) is 6.42 Å². The fourth-order valence-corrected chi connectivity index (χ4v) is 1.33. The quantitative estimate of drug-likeness (QED) is 0.580. The minimum atomic E-state index is 0.576. The van der Waals surface area contributed by atoms with Crippen molar-refractivity contribution in [1.29, 1.82) is 0 Å². The first-order chi connectivity index (χ1) is 5.17. The largest absolute Gasteiger partial charge is 0.316 e. The summed E-state index contributed by atoms with van der Waals surface area (Å²) in [5, 5.41) is 6.82. The fourth-order valence-electron chi connectivity index (χ4n) is 1.33. The van der Waals surface area contributed by atoms with E-state index in [9.17, 15) is 0 Å². The Morgan fingerprint density at radius 3 is 2.45 bits per heavy atom. The first-order valence-corrected chi connectivity index (χ1v) is 4.61. The van der Waals surface area contributed by atoms with Gasteiger partial charge in [-0.2, -0.15) is 0 Å². The smallest absolute Gasteiger partial charge is 0.0125 e. The Morgan fingerprint density at radius 2 is 2.00 bits per heavy atom. The molecule has 0 saturated heterocycles. The second-order valence-electron chi connectivity index (χ2n) is 4.05. The SMILES string of the molecule is CCNCCNC1CC1(C)C. The van der Waals surface area contributed by atoms with Gasteiger partial charge in [-0.1, -0.05) is 20.8 Å². The number of hydrogen-bond donors (Lipinski definition) is 2. The molecule has 1 saturated carbocycles. The number of rotatable bonds is 5. The average Bonchev–Trinajstić information content (AvgIpc) is 2.52. The lowest BCUT2D eigenvalue weighted by Gasteiger charge is -2.06. The molecule has 1 aliphatic rings. The van der Waals surface area contributed by atoms with Gasteiger partial charge in [0.1, 0.15) is 0 Å². The summed E-state index contributed by atoms with van der Waals surface area (Å²) in [4.78, 5) is 0. The third-order valence-electron chi connectivity index (χ3n) is 2.46. The van der Waals surface area contributed by atoms with E-state index in [0.29, 0.717) is 5.41 Å². The van der Waals surface area contributed by atoms with Crippen molar-refractivity contribution < 1.29 is 0 Å². The van der Waals surface area contributed by atoms with Crippen molar-refractivity contribution in [2.75, 3.05) is 19.6 Å². The Labute approximate surface area is 69.8 Å². The van der Waals surface area contributed by atoms with E-state index in [1.54, 1.807) is 0 Å². The zero-order valence-corrected chi connectivity index (χ0v) is 7.91. The molecule has 0 aromatic heterocycles. The number of likely N-dealkylation sites (N-methyl/N-ethyl adjacent to an activating group) is 1. The molecule has 0 amide bonds. The highest BCUT2D eigenvalue weighted by atomic mass is 15.0. The molecule has 1 fully saturated rings. The van der Waals surface area contributed by atoms with Crippen LogP contribution in [0.25, 0.3) is 0 Å². The van der Waals surface area contributed by atoms with Gasteiger partial charge in [-0.05, 0) is 18.4 Å². The predicted octanol–water partition coefficient (Wildman–Crippen LogP) is 0.984. The molecular weight excluding hydrogens is 136 g/mol. The van der Waals surface area contributed by atoms with Crippen LogP contribution in [0.4, 0.5) is 0 Å². The van der Waals surface area contributed by atoms with Crippen molar-refractivity contribution in [3.63, 3.8) is 0 Å². The zero-order valence-electron chi connectivity index (χ0n) is 7.91. The second kappa shape index (κ2) is 3.55. The molecule has 0 heterocycles. The van der Waals surface area contributed by atoms with Crippen LogP contribution in [-0.4, -0.2) is 25.7 Å². The molecular formula is C9H20N2. The van der Waals surface area contributed by atoms with Crippen molar-refractivity contribution in [2.24, 2.45) is 5.41 Å². The van der Waals surface area contributed by atoms with Gasteiger partial charge in [-0.25, -0.2) is 0 Å². The monoisotopic (exact) mass is 156 g/mol. The zero-order chi connectivity index (χ0) is 8.32. The molecule has 0 bridgehead atoms. The Hall–Kier alpha value is -0.0800. The van der Waals surface area contributed by atoms with Crippen LogP contribution in [0.15, 0.2) is 0 Å². The van der Waals surface area contributed by atoms with E-state index in [0.717, 1.165) is 25.7 Å². The van der Waals surface area contributed by atoms with E-state index in [4.69, 9.17) is 0 Å². The molecule has 66 valence electrons. The summed E-state index contributed by atoms with van der Waals surface area (Å²) >= 11 is 0. The Kier molecular flexibility index (Phi) is 2.90. The van der Waals surface area contributed by atoms with Crippen LogP contribution < -0.4 is 10.6 Å². The van der Waals surface area contributed by atoms with Gasteiger partial charge in [0.25, 0.3) is 0 Å². The molecule has 0 aromatic carbocycles. The van der Waals surface area contributed by atoms with Crippen molar-refractivity contribution >= 4 is 0 Å². The molecule has 0 radical (unpaired) electrons. The molecule has 0 spiro atoms. The van der Waals surface area contributed by atoms with Gasteiger partial charge in [0.2, 0.25) is 0 Å². The minimum absolute atomic E-state index is 0.576. The molecule has 1 unspecified atom stereocenters. The van der Waals surface area contributed by atoms with Gasteiger partial charge < -0.3 is 10.6 Å². The Morgan fingerprint density at radius 1 is 1.36 bits per heavy atom. The van der Waals surface area contributed by atoms with Crippen LogP contribution in [0.3, 0.4) is 0 Å². The van der Waals surface area contributed by atoms with E-state index < -0.39 is 0 Å². The van der Waals surface area contributed by atoms with E-state index in [-0.39, 0.29) is 0 Å². The standard InChI is InChI=1S/C9H20N2/c1-4-10-5-6-11-8-7-9(8,2)3/h8,10-11H,4-7H2,1-3H3. The van der Waals surface area contributed by atoms with Gasteiger partial charge in [-0.3, -0.25) is 0 Å². The summed E-state index contributed by atoms with van der Waals surface area (Å²) in [6.45, 7) is 10.1. The van der Waals surface area contributed by atoms with Crippen LogP contribution >= 0.6 is 0 Å². The number of hydrogen-bond acceptors (Lipinski definition) is 2. The van der Waals surface area contributed by atoms with Crippen molar-refractivity contribution in [1.82, 2.24) is 10.6 Å². The van der Waals surface area contributed by atoms with Crippen LogP contribution in [-0.2, 0) is 0 Å². The van der Waals surface area contributed by atoms with Gasteiger partial charge in [-0.15, -0.1) is 0 Å². The third kappa shape index (κ3) is 2.80. The molecule has 1 rings (SSSR count). The van der Waals surface area contributed by atoms with Crippen molar-refractivity contribution in [3.05, 3.63) is 0 Å². The summed E-state index contributed by atoms with van der Waals surface area (Å²) in [6.07, 6.45) is 1.35. The third-order valence-corrected chi connectivity index (χ3v) is 2.46. The molecule has 2 nitrogen and oxygen atoms in total. The fraction of sp³-hybridized carbons (Fsp3) is 1.00. The van der Waals surface area contributed by atoms with E-state index >= 15 is 0 Å². The molecule has 1 atom stereocenters. The van der Waals surface area contributed by atoms with Crippen molar-refractivity contribution in [2.45, 2.75) is 33.2 Å². The minimum Gasteiger partial charge on any atom is -0.316 e. The maximum Gasteiger partial charge on any atom is 0.0125 e. The lowest BCUT2D eigenvalue weighted by Crippen LogP contribution is -2.30. The van der Waals surface area contributed by atoms with Gasteiger partial charge in [0.15, 0.2) is 0 Å². The van der Waals surface area contributed by atoms with Crippen LogP contribution in [0.5, 0.6) is 0 Å². The van der Waals surface area contributed by atoms with Crippen LogP contribution in [0.2, 0.25) is 0 Å². The van der Waals surface area contributed by atoms with E-state index in [1.807, 2.05) is 0 Å². The summed E-state index contributed by atoms with van der Waals surface area (Å²) in [5.41, 5.74) is 0.576. The average molecular weight is 156 g/mol. The lowest BCUT2D eigenvalue weighted by molar-refractivity contribution is 0.532. The normalized spacial score (nSPS) is 27.0. The highest BCUT2D eigenvalue weighted by Crippen LogP contribution is 2.44. The highest BCUT2D eigenvalue weighted by Gasteiger charge is 2.44. The molecule has 1 aliphatic carbocycles. The topological polar surface area (TPSA) is 24.1 Å². The molecule has 2 heteroatoms. The Balaban J connectivity index is 1.90. The number of nitrogens with one attached hydrogen (secondary N) is 2. The highest BCUT2D eigenvalue weighted by molar-refractivity contribution is 5.01. The first kappa shape index (κ1) is 9.01.